The molecule has 0 aliphatic carbocycles. The number of hydrogen-bond acceptors (Lipinski definition) is 2. The van der Waals surface area contributed by atoms with E-state index in [0.717, 1.165) is 24.8 Å². The fourth-order valence-electron chi connectivity index (χ4n) is 1.23. The van der Waals surface area contributed by atoms with Gasteiger partial charge in [0, 0.05) is 13.1 Å². The summed E-state index contributed by atoms with van der Waals surface area (Å²) in [6.07, 6.45) is 4.96. The van der Waals surface area contributed by atoms with Crippen LogP contribution in [-0.2, 0) is 0 Å². The lowest BCUT2D eigenvalue weighted by Gasteiger charge is -2.12. The van der Waals surface area contributed by atoms with E-state index in [2.05, 4.69) is 38.0 Å². The van der Waals surface area contributed by atoms with Crippen molar-refractivity contribution in [1.82, 2.24) is 10.6 Å². The first kappa shape index (κ1) is 13.3. The van der Waals surface area contributed by atoms with Gasteiger partial charge in [0.05, 0.1) is 5.82 Å². The zero-order chi connectivity index (χ0) is 10.8. The molecule has 0 rings (SSSR count). The molecule has 0 atom stereocenters. The van der Waals surface area contributed by atoms with Gasteiger partial charge in [0.15, 0.2) is 0 Å². The van der Waals surface area contributed by atoms with Crippen molar-refractivity contribution in [1.29, 1.82) is 0 Å². The van der Waals surface area contributed by atoms with Crippen molar-refractivity contribution in [2.24, 2.45) is 5.92 Å². The van der Waals surface area contributed by atoms with Gasteiger partial charge in [-0.25, -0.2) is 0 Å². The van der Waals surface area contributed by atoms with Crippen molar-refractivity contribution in [3.05, 3.63) is 12.4 Å². The van der Waals surface area contributed by atoms with Crippen molar-refractivity contribution in [3.63, 3.8) is 0 Å². The molecule has 0 saturated carbocycles. The fourth-order valence-corrected chi connectivity index (χ4v) is 1.23. The molecule has 0 spiro atoms. The van der Waals surface area contributed by atoms with Crippen LogP contribution < -0.4 is 10.6 Å². The molecule has 0 unspecified atom stereocenters. The Labute approximate surface area is 89.2 Å². The molecule has 0 fully saturated rings. The molecule has 0 aromatic rings. The first-order chi connectivity index (χ1) is 6.66. The number of nitrogens with one attached hydrogen (secondary N) is 2. The van der Waals surface area contributed by atoms with Crippen LogP contribution in [0.3, 0.4) is 0 Å². The second-order valence-corrected chi connectivity index (χ2v) is 4.22. The third kappa shape index (κ3) is 9.43. The average molecular weight is 198 g/mol. The highest BCUT2D eigenvalue weighted by molar-refractivity contribution is 4.87. The van der Waals surface area contributed by atoms with E-state index in [0.29, 0.717) is 0 Å². The van der Waals surface area contributed by atoms with Crippen LogP contribution in [0.5, 0.6) is 0 Å². The average Bonchev–Trinajstić information content (AvgIpc) is 2.13. The molecule has 2 heteroatoms. The molecule has 0 radical (unpaired) electrons. The summed E-state index contributed by atoms with van der Waals surface area (Å²) in [6, 6.07) is 0. The molecular weight excluding hydrogens is 172 g/mol. The molecule has 84 valence electrons. The molecule has 0 amide bonds. The summed E-state index contributed by atoms with van der Waals surface area (Å²) in [7, 11) is 0. The van der Waals surface area contributed by atoms with Gasteiger partial charge >= 0.3 is 0 Å². The maximum Gasteiger partial charge on any atom is 0.0912 e. The Balaban J connectivity index is 3.18. The van der Waals surface area contributed by atoms with Crippen molar-refractivity contribution in [3.8, 4) is 0 Å². The summed E-state index contributed by atoms with van der Waals surface area (Å²) in [6.45, 7) is 12.7. The van der Waals surface area contributed by atoms with Gasteiger partial charge in [-0.3, -0.25) is 0 Å². The molecule has 2 N–H and O–H groups in total. The van der Waals surface area contributed by atoms with Crippen molar-refractivity contribution in [2.75, 3.05) is 13.1 Å². The molecule has 14 heavy (non-hydrogen) atoms. The zero-order valence-corrected chi connectivity index (χ0v) is 10.0. The summed E-state index contributed by atoms with van der Waals surface area (Å²) < 4.78 is 0. The Hall–Kier alpha value is -0.660. The Kier molecular flexibility index (Phi) is 8.50. The van der Waals surface area contributed by atoms with Crippen molar-refractivity contribution >= 4 is 0 Å². The smallest absolute Gasteiger partial charge is 0.0912 e. The van der Waals surface area contributed by atoms with Gasteiger partial charge in [0.1, 0.15) is 0 Å². The van der Waals surface area contributed by atoms with Gasteiger partial charge in [0.25, 0.3) is 0 Å². The van der Waals surface area contributed by atoms with Crippen molar-refractivity contribution < 1.29 is 0 Å². The lowest BCUT2D eigenvalue weighted by atomic mass is 10.1. The Bertz CT molecular complexity index is 141. The molecule has 0 aromatic carbocycles. The largest absolute Gasteiger partial charge is 0.372 e. The van der Waals surface area contributed by atoms with Gasteiger partial charge in [0.2, 0.25) is 0 Å². The van der Waals surface area contributed by atoms with Crippen molar-refractivity contribution in [2.45, 2.75) is 46.5 Å². The van der Waals surface area contributed by atoms with Crippen LogP contribution in [0.1, 0.15) is 46.5 Å². The maximum absolute atomic E-state index is 3.92. The number of unbranched alkanes of at least 4 members (excludes halogenated alkanes) is 1. The minimum atomic E-state index is 0.804. The summed E-state index contributed by atoms with van der Waals surface area (Å²) in [5, 5.41) is 6.56. The Morgan fingerprint density at radius 1 is 1.14 bits per heavy atom. The molecule has 0 saturated heterocycles. The lowest BCUT2D eigenvalue weighted by molar-refractivity contribution is 0.534. The van der Waals surface area contributed by atoms with E-state index in [-0.39, 0.29) is 0 Å². The van der Waals surface area contributed by atoms with E-state index in [9.17, 15) is 0 Å². The topological polar surface area (TPSA) is 24.1 Å². The molecule has 0 aliphatic heterocycles. The van der Waals surface area contributed by atoms with Gasteiger partial charge in [-0.1, -0.05) is 33.8 Å². The van der Waals surface area contributed by atoms with Gasteiger partial charge in [-0.15, -0.1) is 0 Å². The van der Waals surface area contributed by atoms with Crippen LogP contribution >= 0.6 is 0 Å². The van der Waals surface area contributed by atoms with E-state index in [1.807, 2.05) is 0 Å². The molecule has 0 heterocycles. The molecule has 2 nitrogen and oxygen atoms in total. The number of hydrogen-bond donors (Lipinski definition) is 2. The summed E-state index contributed by atoms with van der Waals surface area (Å²) in [5.41, 5.74) is 0. The summed E-state index contributed by atoms with van der Waals surface area (Å²) >= 11 is 0. The zero-order valence-electron chi connectivity index (χ0n) is 10.0. The molecule has 0 aromatic heterocycles. The van der Waals surface area contributed by atoms with Crippen LogP contribution in [0.4, 0.5) is 0 Å². The molecular formula is C12H26N2. The third-order valence-electron chi connectivity index (χ3n) is 2.17. The fraction of sp³-hybridized carbons (Fsp3) is 0.833. The molecule has 0 aliphatic rings. The van der Waals surface area contributed by atoms with Crippen LogP contribution in [-0.4, -0.2) is 13.1 Å². The van der Waals surface area contributed by atoms with Gasteiger partial charge in [-0.05, 0) is 25.2 Å². The van der Waals surface area contributed by atoms with Crippen LogP contribution in [0.25, 0.3) is 0 Å². The second kappa shape index (κ2) is 8.92. The first-order valence-corrected chi connectivity index (χ1v) is 5.83. The van der Waals surface area contributed by atoms with E-state index < -0.39 is 0 Å². The Morgan fingerprint density at radius 2 is 1.71 bits per heavy atom. The third-order valence-corrected chi connectivity index (χ3v) is 2.17. The normalized spacial score (nSPS) is 10.3. The number of rotatable bonds is 9. The molecule has 0 bridgehead atoms. The highest BCUT2D eigenvalue weighted by Gasteiger charge is 1.94. The quantitative estimate of drug-likeness (QED) is 0.557. The monoisotopic (exact) mass is 198 g/mol. The van der Waals surface area contributed by atoms with E-state index in [1.54, 1.807) is 0 Å². The Morgan fingerprint density at radius 3 is 2.21 bits per heavy atom. The van der Waals surface area contributed by atoms with E-state index >= 15 is 0 Å². The van der Waals surface area contributed by atoms with E-state index in [1.165, 1.54) is 25.7 Å². The van der Waals surface area contributed by atoms with Gasteiger partial charge < -0.3 is 10.6 Å². The summed E-state index contributed by atoms with van der Waals surface area (Å²) in [4.78, 5) is 0. The highest BCUT2D eigenvalue weighted by atomic mass is 15.1. The summed E-state index contributed by atoms with van der Waals surface area (Å²) in [5.74, 6) is 1.78. The van der Waals surface area contributed by atoms with Crippen LogP contribution in [0.2, 0.25) is 0 Å². The van der Waals surface area contributed by atoms with Crippen LogP contribution in [0, 0.1) is 5.92 Å². The second-order valence-electron chi connectivity index (χ2n) is 4.22. The van der Waals surface area contributed by atoms with Gasteiger partial charge in [-0.2, -0.15) is 0 Å². The highest BCUT2D eigenvalue weighted by Crippen LogP contribution is 2.01. The lowest BCUT2D eigenvalue weighted by Crippen LogP contribution is -2.27. The van der Waals surface area contributed by atoms with E-state index in [4.69, 9.17) is 0 Å². The SMILES string of the molecule is C=C(NCCCC)NCCCC(C)C. The minimum absolute atomic E-state index is 0.804. The predicted molar refractivity (Wildman–Crippen MR) is 64.1 cm³/mol. The maximum atomic E-state index is 3.92. The minimum Gasteiger partial charge on any atom is -0.372 e. The first-order valence-electron chi connectivity index (χ1n) is 5.83. The van der Waals surface area contributed by atoms with Crippen LogP contribution in [0.15, 0.2) is 12.4 Å². The predicted octanol–water partition coefficient (Wildman–Crippen LogP) is 2.87. The standard InChI is InChI=1S/C12H26N2/c1-5-6-9-13-12(4)14-10-7-8-11(2)3/h11,13-14H,4-10H2,1-3H3.